The standard InChI is InChI=1S/C14H18FNO2/c1-9-3-4-13(15)12(5-9)14(18)16(2)8-10-6-11(17)7-10/h3-5,10-11,17H,6-8H2,1-2H3. The van der Waals surface area contributed by atoms with Crippen molar-refractivity contribution in [2.24, 2.45) is 5.92 Å². The first-order chi connectivity index (χ1) is 8.47. The minimum Gasteiger partial charge on any atom is -0.393 e. The Hall–Kier alpha value is -1.42. The lowest BCUT2D eigenvalue weighted by Crippen LogP contribution is -2.39. The summed E-state index contributed by atoms with van der Waals surface area (Å²) in [6.45, 7) is 2.40. The summed E-state index contributed by atoms with van der Waals surface area (Å²) in [6.07, 6.45) is 1.23. The molecule has 0 spiro atoms. The summed E-state index contributed by atoms with van der Waals surface area (Å²) in [6, 6.07) is 4.54. The van der Waals surface area contributed by atoms with Crippen molar-refractivity contribution in [1.82, 2.24) is 4.90 Å². The van der Waals surface area contributed by atoms with Gasteiger partial charge in [-0.1, -0.05) is 11.6 Å². The second kappa shape index (κ2) is 5.06. The lowest BCUT2D eigenvalue weighted by molar-refractivity contribution is 0.0264. The second-order valence-electron chi connectivity index (χ2n) is 5.16. The number of aliphatic hydroxyl groups excluding tert-OH is 1. The third kappa shape index (κ3) is 2.70. The van der Waals surface area contributed by atoms with Crippen molar-refractivity contribution in [3.05, 3.63) is 35.1 Å². The fourth-order valence-electron chi connectivity index (χ4n) is 2.33. The van der Waals surface area contributed by atoms with Crippen LogP contribution in [0.3, 0.4) is 0 Å². The number of benzene rings is 1. The summed E-state index contributed by atoms with van der Waals surface area (Å²) in [5.41, 5.74) is 0.990. The maximum Gasteiger partial charge on any atom is 0.256 e. The molecule has 1 saturated carbocycles. The van der Waals surface area contributed by atoms with E-state index < -0.39 is 5.82 Å². The molecule has 1 aliphatic carbocycles. The Morgan fingerprint density at radius 1 is 1.50 bits per heavy atom. The number of nitrogens with zero attached hydrogens (tertiary/aromatic N) is 1. The van der Waals surface area contributed by atoms with Crippen molar-refractivity contribution in [3.8, 4) is 0 Å². The molecule has 0 aliphatic heterocycles. The van der Waals surface area contributed by atoms with Gasteiger partial charge in [-0.05, 0) is 37.8 Å². The van der Waals surface area contributed by atoms with Gasteiger partial charge in [-0.15, -0.1) is 0 Å². The van der Waals surface area contributed by atoms with E-state index >= 15 is 0 Å². The number of halogens is 1. The van der Waals surface area contributed by atoms with E-state index in [9.17, 15) is 14.3 Å². The number of rotatable bonds is 3. The third-order valence-corrected chi connectivity index (χ3v) is 3.44. The van der Waals surface area contributed by atoms with Gasteiger partial charge >= 0.3 is 0 Å². The quantitative estimate of drug-likeness (QED) is 0.892. The first kappa shape index (κ1) is 13.0. The lowest BCUT2D eigenvalue weighted by Gasteiger charge is -2.34. The van der Waals surface area contributed by atoms with Gasteiger partial charge in [-0.3, -0.25) is 4.79 Å². The zero-order valence-electron chi connectivity index (χ0n) is 10.7. The number of aryl methyl sites for hydroxylation is 1. The average Bonchev–Trinajstić information content (AvgIpc) is 2.29. The van der Waals surface area contributed by atoms with E-state index in [0.29, 0.717) is 12.5 Å². The van der Waals surface area contributed by atoms with E-state index in [1.165, 1.54) is 11.0 Å². The fourth-order valence-corrected chi connectivity index (χ4v) is 2.33. The molecular formula is C14H18FNO2. The number of hydrogen-bond donors (Lipinski definition) is 1. The van der Waals surface area contributed by atoms with E-state index in [4.69, 9.17) is 0 Å². The van der Waals surface area contributed by atoms with Gasteiger partial charge in [-0.25, -0.2) is 4.39 Å². The zero-order chi connectivity index (χ0) is 13.3. The molecule has 0 aromatic heterocycles. The van der Waals surface area contributed by atoms with Crippen LogP contribution in [0.25, 0.3) is 0 Å². The monoisotopic (exact) mass is 251 g/mol. The Kier molecular flexibility index (Phi) is 3.66. The Morgan fingerprint density at radius 2 is 2.17 bits per heavy atom. The average molecular weight is 251 g/mol. The number of aliphatic hydroxyl groups is 1. The zero-order valence-corrected chi connectivity index (χ0v) is 10.7. The molecule has 0 radical (unpaired) electrons. The highest BCUT2D eigenvalue weighted by atomic mass is 19.1. The van der Waals surface area contributed by atoms with E-state index in [0.717, 1.165) is 18.4 Å². The number of amides is 1. The summed E-state index contributed by atoms with van der Waals surface area (Å²) in [4.78, 5) is 13.6. The molecule has 0 saturated heterocycles. The largest absolute Gasteiger partial charge is 0.393 e. The first-order valence-corrected chi connectivity index (χ1v) is 6.17. The van der Waals surface area contributed by atoms with Crippen LogP contribution in [-0.4, -0.2) is 35.6 Å². The molecule has 2 rings (SSSR count). The fraction of sp³-hybridized carbons (Fsp3) is 0.500. The van der Waals surface area contributed by atoms with Crippen LogP contribution in [0.4, 0.5) is 4.39 Å². The van der Waals surface area contributed by atoms with Crippen molar-refractivity contribution in [2.45, 2.75) is 25.9 Å². The van der Waals surface area contributed by atoms with Gasteiger partial charge in [-0.2, -0.15) is 0 Å². The third-order valence-electron chi connectivity index (χ3n) is 3.44. The van der Waals surface area contributed by atoms with Gasteiger partial charge in [0.05, 0.1) is 11.7 Å². The van der Waals surface area contributed by atoms with Crippen LogP contribution < -0.4 is 0 Å². The number of hydrogen-bond acceptors (Lipinski definition) is 2. The molecule has 4 heteroatoms. The summed E-state index contributed by atoms with van der Waals surface area (Å²) in [5, 5.41) is 9.20. The Morgan fingerprint density at radius 3 is 2.78 bits per heavy atom. The highest BCUT2D eigenvalue weighted by Gasteiger charge is 2.29. The molecule has 1 fully saturated rings. The molecule has 0 bridgehead atoms. The van der Waals surface area contributed by atoms with Gasteiger partial charge in [0.1, 0.15) is 5.82 Å². The predicted octanol–water partition coefficient (Wildman–Crippen LogP) is 1.98. The Labute approximate surface area is 106 Å². The summed E-state index contributed by atoms with van der Waals surface area (Å²) >= 11 is 0. The van der Waals surface area contributed by atoms with Crippen LogP contribution in [0.1, 0.15) is 28.8 Å². The van der Waals surface area contributed by atoms with Crippen molar-refractivity contribution < 1.29 is 14.3 Å². The molecule has 1 N–H and O–H groups in total. The smallest absolute Gasteiger partial charge is 0.256 e. The Balaban J connectivity index is 2.03. The van der Waals surface area contributed by atoms with E-state index in [1.54, 1.807) is 19.2 Å². The molecule has 0 unspecified atom stereocenters. The maximum absolute atomic E-state index is 13.6. The highest BCUT2D eigenvalue weighted by Crippen LogP contribution is 2.28. The minimum atomic E-state index is -0.480. The Bertz CT molecular complexity index is 455. The van der Waals surface area contributed by atoms with Crippen LogP contribution in [0.2, 0.25) is 0 Å². The van der Waals surface area contributed by atoms with Gasteiger partial charge in [0, 0.05) is 13.6 Å². The van der Waals surface area contributed by atoms with Crippen LogP contribution in [0.5, 0.6) is 0 Å². The van der Waals surface area contributed by atoms with Crippen molar-refractivity contribution in [1.29, 1.82) is 0 Å². The molecular weight excluding hydrogens is 233 g/mol. The summed E-state index contributed by atoms with van der Waals surface area (Å²) < 4.78 is 13.6. The SMILES string of the molecule is Cc1ccc(F)c(C(=O)N(C)CC2CC(O)C2)c1. The predicted molar refractivity (Wildman–Crippen MR) is 66.8 cm³/mol. The topological polar surface area (TPSA) is 40.5 Å². The molecule has 98 valence electrons. The molecule has 1 aromatic rings. The van der Waals surface area contributed by atoms with Gasteiger partial charge in [0.15, 0.2) is 0 Å². The van der Waals surface area contributed by atoms with E-state index in [1.807, 2.05) is 6.92 Å². The molecule has 1 aliphatic rings. The van der Waals surface area contributed by atoms with Crippen LogP contribution in [0.15, 0.2) is 18.2 Å². The van der Waals surface area contributed by atoms with Crippen LogP contribution in [0, 0.1) is 18.7 Å². The van der Waals surface area contributed by atoms with E-state index in [-0.39, 0.29) is 17.6 Å². The van der Waals surface area contributed by atoms with E-state index in [2.05, 4.69) is 0 Å². The van der Waals surface area contributed by atoms with Crippen LogP contribution in [-0.2, 0) is 0 Å². The molecule has 3 nitrogen and oxygen atoms in total. The molecule has 0 heterocycles. The molecule has 1 aromatic carbocycles. The summed E-state index contributed by atoms with van der Waals surface area (Å²) in [5.74, 6) is -0.439. The van der Waals surface area contributed by atoms with Gasteiger partial charge < -0.3 is 10.0 Å². The van der Waals surface area contributed by atoms with Crippen molar-refractivity contribution in [3.63, 3.8) is 0 Å². The van der Waals surface area contributed by atoms with Crippen LogP contribution >= 0.6 is 0 Å². The first-order valence-electron chi connectivity index (χ1n) is 6.17. The van der Waals surface area contributed by atoms with Gasteiger partial charge in [0.2, 0.25) is 0 Å². The lowest BCUT2D eigenvalue weighted by atomic mass is 9.82. The maximum atomic E-state index is 13.6. The molecule has 1 amide bonds. The second-order valence-corrected chi connectivity index (χ2v) is 5.16. The number of carbonyl (C=O) groups excluding carboxylic acids is 1. The van der Waals surface area contributed by atoms with Gasteiger partial charge in [0.25, 0.3) is 5.91 Å². The molecule has 18 heavy (non-hydrogen) atoms. The minimum absolute atomic E-state index is 0.123. The molecule has 0 atom stereocenters. The normalized spacial score (nSPS) is 22.4. The van der Waals surface area contributed by atoms with Crippen molar-refractivity contribution >= 4 is 5.91 Å². The summed E-state index contributed by atoms with van der Waals surface area (Å²) in [7, 11) is 1.68. The number of carbonyl (C=O) groups is 1. The highest BCUT2D eigenvalue weighted by molar-refractivity contribution is 5.94. The van der Waals surface area contributed by atoms with Crippen molar-refractivity contribution in [2.75, 3.05) is 13.6 Å².